The van der Waals surface area contributed by atoms with Crippen LogP contribution in [-0.4, -0.2) is 36.2 Å². The molecule has 1 saturated heterocycles. The van der Waals surface area contributed by atoms with E-state index in [1.807, 2.05) is 37.3 Å². The Morgan fingerprint density at radius 1 is 1.03 bits per heavy atom. The van der Waals surface area contributed by atoms with E-state index < -0.39 is 0 Å². The fraction of sp³-hybridized carbons (Fsp3) is 0.304. The van der Waals surface area contributed by atoms with Crippen LogP contribution in [0.3, 0.4) is 0 Å². The van der Waals surface area contributed by atoms with Crippen molar-refractivity contribution in [2.75, 3.05) is 25.1 Å². The second kappa shape index (κ2) is 8.78. The zero-order valence-corrected chi connectivity index (χ0v) is 19.2. The third-order valence-corrected chi connectivity index (χ3v) is 7.58. The molecule has 1 amide bonds. The Morgan fingerprint density at radius 3 is 2.43 bits per heavy atom. The lowest BCUT2D eigenvalue weighted by molar-refractivity contribution is -0.122. The van der Waals surface area contributed by atoms with Gasteiger partial charge in [0.25, 0.3) is 5.91 Å². The van der Waals surface area contributed by atoms with Gasteiger partial charge in [0.2, 0.25) is 0 Å². The number of carbonyl (C=O) groups excluding carboxylic acids is 1. The molecule has 1 atom stereocenters. The maximum Gasteiger partial charge on any atom is 0.269 e. The Balaban J connectivity index is 1.70. The summed E-state index contributed by atoms with van der Waals surface area (Å²) < 4.78 is 5.40. The first-order valence-electron chi connectivity index (χ1n) is 10.1. The Hall–Kier alpha value is -2.38. The summed E-state index contributed by atoms with van der Waals surface area (Å²) in [4.78, 5) is 24.1. The quantitative estimate of drug-likeness (QED) is 0.575. The van der Waals surface area contributed by atoms with Gasteiger partial charge in [-0.3, -0.25) is 14.7 Å². The van der Waals surface area contributed by atoms with E-state index in [1.165, 1.54) is 11.8 Å². The lowest BCUT2D eigenvalue weighted by Gasteiger charge is -2.19. The minimum absolute atomic E-state index is 0.0140. The van der Waals surface area contributed by atoms with Crippen molar-refractivity contribution in [2.45, 2.75) is 31.7 Å². The highest BCUT2D eigenvalue weighted by molar-refractivity contribution is 8.19. The normalized spacial score (nSPS) is 20.8. The van der Waals surface area contributed by atoms with E-state index in [0.717, 1.165) is 43.5 Å². The summed E-state index contributed by atoms with van der Waals surface area (Å²) in [6.07, 6.45) is 0. The summed E-state index contributed by atoms with van der Waals surface area (Å²) in [6.45, 7) is 7.54. The van der Waals surface area contributed by atoms with Crippen LogP contribution in [0.5, 0.6) is 5.75 Å². The molecule has 0 aromatic heterocycles. The highest BCUT2D eigenvalue weighted by atomic mass is 32.2. The first kappa shape index (κ1) is 20.9. The Labute approximate surface area is 186 Å². The van der Waals surface area contributed by atoms with Crippen molar-refractivity contribution in [3.8, 4) is 5.75 Å². The van der Waals surface area contributed by atoms with Gasteiger partial charge in [-0.15, -0.1) is 0 Å². The Kier molecular flexibility index (Phi) is 6.11. The van der Waals surface area contributed by atoms with Gasteiger partial charge in [-0.1, -0.05) is 42.1 Å². The zero-order chi connectivity index (χ0) is 21.3. The molecule has 2 aliphatic heterocycles. The lowest BCUT2D eigenvalue weighted by Crippen LogP contribution is -2.30. The summed E-state index contributed by atoms with van der Waals surface area (Å²) in [5.74, 6) is 0.848. The molecule has 156 valence electrons. The van der Waals surface area contributed by atoms with E-state index >= 15 is 0 Å². The summed E-state index contributed by atoms with van der Waals surface area (Å²) >= 11 is 3.13. The molecule has 1 fully saturated rings. The van der Waals surface area contributed by atoms with Gasteiger partial charge in [0.05, 0.1) is 18.8 Å². The number of hydrogen-bond donors (Lipinski definition) is 0. The summed E-state index contributed by atoms with van der Waals surface area (Å²) in [6, 6.07) is 16.2. The molecule has 0 bridgehead atoms. The van der Waals surface area contributed by atoms with Gasteiger partial charge in [-0.05, 0) is 50.2 Å². The van der Waals surface area contributed by atoms with Gasteiger partial charge >= 0.3 is 0 Å². The largest absolute Gasteiger partial charge is 0.497 e. The number of ether oxygens (including phenoxy) is 1. The van der Waals surface area contributed by atoms with Crippen LogP contribution in [-0.2, 0) is 4.79 Å². The van der Waals surface area contributed by atoms with Gasteiger partial charge in [0.1, 0.15) is 15.7 Å². The van der Waals surface area contributed by atoms with Crippen molar-refractivity contribution >= 4 is 40.3 Å². The fourth-order valence-electron chi connectivity index (χ4n) is 3.55. The van der Waals surface area contributed by atoms with Crippen molar-refractivity contribution in [3.63, 3.8) is 0 Å². The smallest absolute Gasteiger partial charge is 0.269 e. The molecule has 0 saturated carbocycles. The molecule has 0 N–H and O–H groups in total. The van der Waals surface area contributed by atoms with Gasteiger partial charge in [-0.25, -0.2) is 0 Å². The Bertz CT molecular complexity index is 1020. The number of fused-ring (bicyclic) bond motifs is 1. The molecule has 0 radical (unpaired) electrons. The van der Waals surface area contributed by atoms with Crippen molar-refractivity contribution in [2.24, 2.45) is 4.99 Å². The minimum Gasteiger partial charge on any atom is -0.497 e. The van der Waals surface area contributed by atoms with Crippen molar-refractivity contribution in [1.29, 1.82) is 0 Å². The van der Waals surface area contributed by atoms with Gasteiger partial charge in [-0.2, -0.15) is 0 Å². The molecule has 0 aliphatic carbocycles. The SMILES string of the molecule is CCN1C(=O)/C(=C2/Sc3ccc(OC)cc3N2CC)SC1=N[C@@H](C)c1ccccc1. The first-order chi connectivity index (χ1) is 14.6. The number of likely N-dealkylation sites (N-methyl/N-ethyl adjacent to an activating group) is 1. The number of aliphatic imine (C=N–C) groups is 1. The van der Waals surface area contributed by atoms with Crippen LogP contribution >= 0.6 is 23.5 Å². The monoisotopic (exact) mass is 439 g/mol. The molecular formula is C23H25N3O2S2. The van der Waals surface area contributed by atoms with Gasteiger partial charge in [0, 0.05) is 24.1 Å². The van der Waals surface area contributed by atoms with E-state index in [1.54, 1.807) is 23.8 Å². The first-order valence-corrected chi connectivity index (χ1v) is 11.7. The zero-order valence-electron chi connectivity index (χ0n) is 17.6. The molecular weight excluding hydrogens is 414 g/mol. The van der Waals surface area contributed by atoms with Crippen LogP contribution in [0.25, 0.3) is 0 Å². The second-order valence-electron chi connectivity index (χ2n) is 6.96. The summed E-state index contributed by atoms with van der Waals surface area (Å²) in [5, 5.41) is 1.75. The summed E-state index contributed by atoms with van der Waals surface area (Å²) in [5.41, 5.74) is 2.23. The number of hydrogen-bond acceptors (Lipinski definition) is 6. The fourth-order valence-corrected chi connectivity index (χ4v) is 6.05. The number of rotatable bonds is 5. The average Bonchev–Trinajstić information content (AvgIpc) is 3.29. The van der Waals surface area contributed by atoms with Crippen LogP contribution in [0.15, 0.2) is 68.4 Å². The summed E-state index contributed by atoms with van der Waals surface area (Å²) in [7, 11) is 1.67. The van der Waals surface area contributed by atoms with E-state index in [0.29, 0.717) is 6.54 Å². The maximum absolute atomic E-state index is 13.3. The molecule has 0 spiro atoms. The highest BCUT2D eigenvalue weighted by Crippen LogP contribution is 2.51. The molecule has 4 rings (SSSR count). The number of thioether (sulfide) groups is 2. The van der Waals surface area contributed by atoms with Gasteiger partial charge < -0.3 is 9.64 Å². The second-order valence-corrected chi connectivity index (χ2v) is 8.97. The van der Waals surface area contributed by atoms with E-state index in [-0.39, 0.29) is 11.9 Å². The van der Waals surface area contributed by atoms with Crippen molar-refractivity contribution in [3.05, 3.63) is 64.0 Å². The number of carbonyl (C=O) groups is 1. The topological polar surface area (TPSA) is 45.1 Å². The number of methoxy groups -OCH3 is 1. The predicted octanol–water partition coefficient (Wildman–Crippen LogP) is 5.51. The van der Waals surface area contributed by atoms with Crippen LogP contribution in [0.2, 0.25) is 0 Å². The van der Waals surface area contributed by atoms with Crippen molar-refractivity contribution < 1.29 is 9.53 Å². The lowest BCUT2D eigenvalue weighted by atomic mass is 10.1. The van der Waals surface area contributed by atoms with Crippen LogP contribution in [0.4, 0.5) is 5.69 Å². The number of benzene rings is 2. The minimum atomic E-state index is -0.0140. The molecule has 2 aliphatic rings. The molecule has 2 aromatic rings. The number of amidine groups is 1. The number of amides is 1. The predicted molar refractivity (Wildman–Crippen MR) is 126 cm³/mol. The van der Waals surface area contributed by atoms with Crippen LogP contribution in [0, 0.1) is 0 Å². The molecule has 2 aromatic carbocycles. The number of anilines is 1. The molecule has 0 unspecified atom stereocenters. The molecule has 30 heavy (non-hydrogen) atoms. The third-order valence-electron chi connectivity index (χ3n) is 5.19. The van der Waals surface area contributed by atoms with Crippen molar-refractivity contribution in [1.82, 2.24) is 4.90 Å². The van der Waals surface area contributed by atoms with Crippen LogP contribution in [0.1, 0.15) is 32.4 Å². The molecule has 5 nitrogen and oxygen atoms in total. The molecule has 2 heterocycles. The Morgan fingerprint density at radius 2 is 1.77 bits per heavy atom. The van der Waals surface area contributed by atoms with E-state index in [9.17, 15) is 4.79 Å². The standard InChI is InChI=1S/C23H25N3O2S2/c1-5-25-18-14-17(28-4)12-13-19(18)29-22(25)20-21(27)26(6-2)23(30-20)24-15(3)16-10-8-7-9-11-16/h7-15H,5-6H2,1-4H3/b22-20-,24-23?/t15-/m0/s1. The third kappa shape index (κ3) is 3.72. The number of nitrogens with zero attached hydrogens (tertiary/aromatic N) is 3. The van der Waals surface area contributed by atoms with E-state index in [2.05, 4.69) is 36.9 Å². The maximum atomic E-state index is 13.3. The average molecular weight is 440 g/mol. The molecule has 7 heteroatoms. The van der Waals surface area contributed by atoms with Crippen LogP contribution < -0.4 is 9.64 Å². The van der Waals surface area contributed by atoms with Gasteiger partial charge in [0.15, 0.2) is 5.17 Å². The van der Waals surface area contributed by atoms with E-state index in [4.69, 9.17) is 9.73 Å². The highest BCUT2D eigenvalue weighted by Gasteiger charge is 2.39.